The molecule has 0 saturated carbocycles. The van der Waals surface area contributed by atoms with Gasteiger partial charge in [-0.15, -0.1) is 12.4 Å². The van der Waals surface area contributed by atoms with Gasteiger partial charge in [0.25, 0.3) is 0 Å². The number of hydrogen-bond donors (Lipinski definition) is 2. The molecular weight excluding hydrogens is 316 g/mol. The normalized spacial score (nSPS) is 12.7. The SMILES string of the molecule is CCOc1ccc(C(C)NC(=O)C(C)CNC)cc1OCC.Cl. The summed E-state index contributed by atoms with van der Waals surface area (Å²) in [5, 5.41) is 6.04. The van der Waals surface area contributed by atoms with Crippen LogP contribution in [0.25, 0.3) is 0 Å². The Morgan fingerprint density at radius 2 is 1.74 bits per heavy atom. The molecule has 2 atom stereocenters. The minimum atomic E-state index is -0.0818. The Hall–Kier alpha value is -1.46. The number of benzene rings is 1. The number of halogens is 1. The van der Waals surface area contributed by atoms with Crippen LogP contribution < -0.4 is 20.1 Å². The van der Waals surface area contributed by atoms with Gasteiger partial charge in [0.2, 0.25) is 5.91 Å². The van der Waals surface area contributed by atoms with Crippen molar-refractivity contribution in [2.75, 3.05) is 26.8 Å². The van der Waals surface area contributed by atoms with Gasteiger partial charge in [0.05, 0.1) is 19.3 Å². The van der Waals surface area contributed by atoms with Gasteiger partial charge >= 0.3 is 0 Å². The van der Waals surface area contributed by atoms with Crippen molar-refractivity contribution >= 4 is 18.3 Å². The smallest absolute Gasteiger partial charge is 0.224 e. The predicted octanol–water partition coefficient (Wildman–Crippen LogP) is 2.94. The van der Waals surface area contributed by atoms with E-state index in [0.717, 1.165) is 11.3 Å². The van der Waals surface area contributed by atoms with E-state index in [-0.39, 0.29) is 30.3 Å². The number of hydrogen-bond acceptors (Lipinski definition) is 4. The number of nitrogens with one attached hydrogen (secondary N) is 2. The Balaban J connectivity index is 0.00000484. The first-order valence-electron chi connectivity index (χ1n) is 7.87. The third-order valence-electron chi connectivity index (χ3n) is 3.38. The van der Waals surface area contributed by atoms with Crippen molar-refractivity contribution in [3.63, 3.8) is 0 Å². The molecule has 6 heteroatoms. The summed E-state index contributed by atoms with van der Waals surface area (Å²) in [4.78, 5) is 12.1. The first kappa shape index (κ1) is 21.5. The van der Waals surface area contributed by atoms with Gasteiger partial charge < -0.3 is 20.1 Å². The topological polar surface area (TPSA) is 59.6 Å². The standard InChI is InChI=1S/C17H28N2O3.ClH/c1-6-21-15-9-8-14(10-16(15)22-7-2)13(4)19-17(20)12(3)11-18-5;/h8-10,12-13,18H,6-7,11H2,1-5H3,(H,19,20);1H. The van der Waals surface area contributed by atoms with E-state index in [9.17, 15) is 4.79 Å². The molecule has 0 aliphatic heterocycles. The molecule has 0 aromatic heterocycles. The highest BCUT2D eigenvalue weighted by Gasteiger charge is 2.17. The molecular formula is C17H29ClN2O3. The monoisotopic (exact) mass is 344 g/mol. The maximum atomic E-state index is 12.1. The van der Waals surface area contributed by atoms with Crippen molar-refractivity contribution in [1.82, 2.24) is 10.6 Å². The minimum Gasteiger partial charge on any atom is -0.490 e. The number of carbonyl (C=O) groups excluding carboxylic acids is 1. The second-order valence-corrected chi connectivity index (χ2v) is 5.26. The zero-order chi connectivity index (χ0) is 16.5. The fourth-order valence-electron chi connectivity index (χ4n) is 2.17. The number of rotatable bonds is 9. The second-order valence-electron chi connectivity index (χ2n) is 5.26. The van der Waals surface area contributed by atoms with Crippen LogP contribution in [0.5, 0.6) is 11.5 Å². The van der Waals surface area contributed by atoms with Crippen LogP contribution in [0, 0.1) is 5.92 Å². The average Bonchev–Trinajstić information content (AvgIpc) is 2.49. The summed E-state index contributed by atoms with van der Waals surface area (Å²) < 4.78 is 11.2. The highest BCUT2D eigenvalue weighted by atomic mass is 35.5. The van der Waals surface area contributed by atoms with E-state index in [1.807, 2.05) is 52.9 Å². The van der Waals surface area contributed by atoms with E-state index in [0.29, 0.717) is 25.5 Å². The molecule has 2 unspecified atom stereocenters. The molecule has 0 fully saturated rings. The summed E-state index contributed by atoms with van der Waals surface area (Å²) >= 11 is 0. The maximum Gasteiger partial charge on any atom is 0.224 e. The van der Waals surface area contributed by atoms with Crippen molar-refractivity contribution in [3.8, 4) is 11.5 Å². The van der Waals surface area contributed by atoms with Crippen LogP contribution in [0.15, 0.2) is 18.2 Å². The zero-order valence-corrected chi connectivity index (χ0v) is 15.5. The molecule has 0 aliphatic carbocycles. The van der Waals surface area contributed by atoms with Crippen LogP contribution in [0.4, 0.5) is 0 Å². The molecule has 5 nitrogen and oxygen atoms in total. The van der Waals surface area contributed by atoms with Gasteiger partial charge in [0, 0.05) is 12.5 Å². The summed E-state index contributed by atoms with van der Waals surface area (Å²) in [6, 6.07) is 5.70. The Morgan fingerprint density at radius 1 is 1.13 bits per heavy atom. The number of amides is 1. The second kappa shape index (κ2) is 11.1. The fraction of sp³-hybridized carbons (Fsp3) is 0.588. The quantitative estimate of drug-likeness (QED) is 0.723. The summed E-state index contributed by atoms with van der Waals surface area (Å²) in [7, 11) is 1.84. The molecule has 1 rings (SSSR count). The zero-order valence-electron chi connectivity index (χ0n) is 14.6. The van der Waals surface area contributed by atoms with Crippen LogP contribution in [-0.2, 0) is 4.79 Å². The number of ether oxygens (including phenoxy) is 2. The van der Waals surface area contributed by atoms with Crippen molar-refractivity contribution in [2.45, 2.75) is 33.7 Å². The Kier molecular flexibility index (Phi) is 10.4. The van der Waals surface area contributed by atoms with Gasteiger partial charge in [0.15, 0.2) is 11.5 Å². The Morgan fingerprint density at radius 3 is 2.30 bits per heavy atom. The lowest BCUT2D eigenvalue weighted by Gasteiger charge is -2.19. The first-order chi connectivity index (χ1) is 10.5. The van der Waals surface area contributed by atoms with E-state index in [4.69, 9.17) is 9.47 Å². The van der Waals surface area contributed by atoms with Crippen LogP contribution in [0.2, 0.25) is 0 Å². The van der Waals surface area contributed by atoms with Gasteiger partial charge in [-0.2, -0.15) is 0 Å². The largest absolute Gasteiger partial charge is 0.490 e. The van der Waals surface area contributed by atoms with Crippen molar-refractivity contribution < 1.29 is 14.3 Å². The molecule has 0 heterocycles. The third kappa shape index (κ3) is 6.67. The van der Waals surface area contributed by atoms with Crippen LogP contribution in [-0.4, -0.2) is 32.7 Å². The molecule has 132 valence electrons. The fourth-order valence-corrected chi connectivity index (χ4v) is 2.17. The van der Waals surface area contributed by atoms with Crippen molar-refractivity contribution in [1.29, 1.82) is 0 Å². The molecule has 1 aromatic rings. The summed E-state index contributed by atoms with van der Waals surface area (Å²) in [6.07, 6.45) is 0. The lowest BCUT2D eigenvalue weighted by Crippen LogP contribution is -2.35. The van der Waals surface area contributed by atoms with E-state index >= 15 is 0 Å². The average molecular weight is 345 g/mol. The lowest BCUT2D eigenvalue weighted by molar-refractivity contribution is -0.125. The highest BCUT2D eigenvalue weighted by Crippen LogP contribution is 2.30. The Labute approximate surface area is 145 Å². The van der Waals surface area contributed by atoms with Crippen LogP contribution in [0.1, 0.15) is 39.3 Å². The molecule has 1 aromatic carbocycles. The summed E-state index contributed by atoms with van der Waals surface area (Å²) in [5.74, 6) is 1.41. The molecule has 1 amide bonds. The summed E-state index contributed by atoms with van der Waals surface area (Å²) in [5.41, 5.74) is 0.997. The van der Waals surface area contributed by atoms with E-state index in [2.05, 4.69) is 10.6 Å². The summed E-state index contributed by atoms with van der Waals surface area (Å²) in [6.45, 7) is 9.57. The van der Waals surface area contributed by atoms with Gasteiger partial charge in [-0.25, -0.2) is 0 Å². The van der Waals surface area contributed by atoms with Gasteiger partial charge in [0.1, 0.15) is 0 Å². The van der Waals surface area contributed by atoms with Gasteiger partial charge in [-0.1, -0.05) is 13.0 Å². The third-order valence-corrected chi connectivity index (χ3v) is 3.38. The van der Waals surface area contributed by atoms with Crippen molar-refractivity contribution in [2.24, 2.45) is 5.92 Å². The van der Waals surface area contributed by atoms with Gasteiger partial charge in [-0.05, 0) is 45.5 Å². The first-order valence-corrected chi connectivity index (χ1v) is 7.87. The van der Waals surface area contributed by atoms with Crippen LogP contribution in [0.3, 0.4) is 0 Å². The molecule has 0 saturated heterocycles. The minimum absolute atomic E-state index is 0. The molecule has 23 heavy (non-hydrogen) atoms. The van der Waals surface area contributed by atoms with E-state index in [1.54, 1.807) is 0 Å². The molecule has 0 spiro atoms. The van der Waals surface area contributed by atoms with E-state index in [1.165, 1.54) is 0 Å². The lowest BCUT2D eigenvalue weighted by atomic mass is 10.1. The van der Waals surface area contributed by atoms with Gasteiger partial charge in [-0.3, -0.25) is 4.79 Å². The number of carbonyl (C=O) groups is 1. The molecule has 0 bridgehead atoms. The van der Waals surface area contributed by atoms with E-state index < -0.39 is 0 Å². The van der Waals surface area contributed by atoms with Crippen molar-refractivity contribution in [3.05, 3.63) is 23.8 Å². The molecule has 2 N–H and O–H groups in total. The maximum absolute atomic E-state index is 12.1. The predicted molar refractivity (Wildman–Crippen MR) is 95.7 cm³/mol. The molecule has 0 aliphatic rings. The Bertz CT molecular complexity index is 483. The van der Waals surface area contributed by atoms with Crippen LogP contribution >= 0.6 is 12.4 Å². The molecule has 0 radical (unpaired) electrons. The highest BCUT2D eigenvalue weighted by molar-refractivity contribution is 5.85.